The van der Waals surface area contributed by atoms with Gasteiger partial charge in [0.1, 0.15) is 11.9 Å². The molecule has 0 saturated heterocycles. The molecule has 222 valence electrons. The summed E-state index contributed by atoms with van der Waals surface area (Å²) in [7, 11) is 7.15. The molecule has 1 aromatic heterocycles. The zero-order valence-electron chi connectivity index (χ0n) is 25.0. The maximum atomic E-state index is 12.7. The van der Waals surface area contributed by atoms with E-state index in [-0.39, 0.29) is 23.8 Å². The van der Waals surface area contributed by atoms with Gasteiger partial charge in [-0.05, 0) is 64.5 Å². The van der Waals surface area contributed by atoms with Crippen LogP contribution in [0.15, 0.2) is 42.6 Å². The molecule has 2 aromatic rings. The molecule has 3 rings (SSSR count). The number of amides is 2. The Balaban J connectivity index is 1.57. The predicted octanol–water partition coefficient (Wildman–Crippen LogP) is 2.75. The number of likely N-dealkylation sites (N-methyl/N-ethyl adjacent to an activating group) is 2. The third kappa shape index (κ3) is 9.88. The number of methoxy groups -OCH3 is 1. The smallest absolute Gasteiger partial charge is 0.246 e. The number of anilines is 3. The van der Waals surface area contributed by atoms with Crippen molar-refractivity contribution in [3.63, 3.8) is 0 Å². The van der Waals surface area contributed by atoms with E-state index in [9.17, 15) is 9.59 Å². The summed E-state index contributed by atoms with van der Waals surface area (Å²) < 4.78 is 5.14. The van der Waals surface area contributed by atoms with Crippen molar-refractivity contribution in [1.29, 1.82) is 5.26 Å². The molecular formula is C31H40N8O3. The van der Waals surface area contributed by atoms with Crippen LogP contribution < -0.4 is 16.0 Å². The van der Waals surface area contributed by atoms with Crippen LogP contribution in [0, 0.1) is 29.1 Å². The number of carbonyl (C=O) groups excluding carboxylic acids is 2. The summed E-state index contributed by atoms with van der Waals surface area (Å²) in [6.45, 7) is 3.67. The van der Waals surface area contributed by atoms with Crippen LogP contribution in [0.5, 0.6) is 0 Å². The van der Waals surface area contributed by atoms with E-state index in [0.29, 0.717) is 42.6 Å². The largest absolute Gasteiger partial charge is 0.385 e. The van der Waals surface area contributed by atoms with Crippen LogP contribution >= 0.6 is 0 Å². The number of carbonyl (C=O) groups is 2. The third-order valence-electron chi connectivity index (χ3n) is 6.81. The number of ether oxygens (including phenoxy) is 1. The molecule has 1 aliphatic carbocycles. The van der Waals surface area contributed by atoms with Crippen LogP contribution in [0.2, 0.25) is 0 Å². The number of aromatic nitrogens is 2. The molecule has 1 unspecified atom stereocenters. The first kappa shape index (κ1) is 32.1. The maximum absolute atomic E-state index is 12.7. The summed E-state index contributed by atoms with van der Waals surface area (Å²) in [6.07, 6.45) is 7.25. The van der Waals surface area contributed by atoms with Gasteiger partial charge in [-0.2, -0.15) is 10.2 Å². The summed E-state index contributed by atoms with van der Waals surface area (Å²) in [4.78, 5) is 37.5. The van der Waals surface area contributed by atoms with Gasteiger partial charge in [0, 0.05) is 57.6 Å². The van der Waals surface area contributed by atoms with Gasteiger partial charge in [-0.15, -0.1) is 0 Å². The fraction of sp³-hybridized carbons (Fsp3) is 0.452. The molecule has 2 amide bonds. The number of benzene rings is 1. The standard InChI is InChI=1S/C31H40N8O3/c1-22(39(4)28(40)8-6-16-38(2)3)30(41)35-27-18-24(19-27)9-12-25-21-34-31(37-29(25)33-15-7-17-42-5)36-26-13-10-23(20-32)11-14-26/h6,8,10-11,13-14,21-22,24,27H,7,15-19H2,1-5H3,(H,35,41)(H2,33,34,36,37). The average molecular weight is 573 g/mol. The highest BCUT2D eigenvalue weighted by Crippen LogP contribution is 2.27. The lowest BCUT2D eigenvalue weighted by atomic mass is 9.80. The second-order valence-electron chi connectivity index (χ2n) is 10.5. The minimum atomic E-state index is -0.577. The summed E-state index contributed by atoms with van der Waals surface area (Å²) in [5.41, 5.74) is 2.03. The molecule has 0 radical (unpaired) electrons. The Bertz CT molecular complexity index is 1330. The molecule has 11 nitrogen and oxygen atoms in total. The summed E-state index contributed by atoms with van der Waals surface area (Å²) in [6, 6.07) is 8.60. The van der Waals surface area contributed by atoms with E-state index in [4.69, 9.17) is 10.00 Å². The van der Waals surface area contributed by atoms with Gasteiger partial charge in [-0.1, -0.05) is 17.9 Å². The lowest BCUT2D eigenvalue weighted by molar-refractivity contribution is -0.135. The van der Waals surface area contributed by atoms with Gasteiger partial charge in [-0.25, -0.2) is 4.98 Å². The van der Waals surface area contributed by atoms with Gasteiger partial charge in [0.25, 0.3) is 0 Å². The first-order valence-corrected chi connectivity index (χ1v) is 14.0. The van der Waals surface area contributed by atoms with Gasteiger partial charge >= 0.3 is 0 Å². The van der Waals surface area contributed by atoms with Gasteiger partial charge in [-0.3, -0.25) is 9.59 Å². The minimum Gasteiger partial charge on any atom is -0.385 e. The topological polar surface area (TPSA) is 136 Å². The van der Waals surface area contributed by atoms with Crippen molar-refractivity contribution in [2.45, 2.75) is 38.3 Å². The Kier molecular flexibility index (Phi) is 12.3. The van der Waals surface area contributed by atoms with Crippen LogP contribution in [0.25, 0.3) is 0 Å². The molecule has 1 aromatic carbocycles. The highest BCUT2D eigenvalue weighted by Gasteiger charge is 2.31. The van der Waals surface area contributed by atoms with Gasteiger partial charge in [0.2, 0.25) is 17.8 Å². The van der Waals surface area contributed by atoms with Crippen LogP contribution in [-0.4, -0.2) is 91.6 Å². The van der Waals surface area contributed by atoms with Crippen LogP contribution in [0.1, 0.15) is 37.3 Å². The fourth-order valence-corrected chi connectivity index (χ4v) is 4.05. The Morgan fingerprint density at radius 3 is 2.62 bits per heavy atom. The number of nitriles is 1. The normalized spacial score (nSPS) is 16.5. The van der Waals surface area contributed by atoms with Gasteiger partial charge < -0.3 is 30.5 Å². The van der Waals surface area contributed by atoms with Crippen LogP contribution in [-0.2, 0) is 14.3 Å². The number of rotatable bonds is 13. The average Bonchev–Trinajstić information content (AvgIpc) is 2.96. The highest BCUT2D eigenvalue weighted by molar-refractivity contribution is 5.92. The first-order valence-electron chi connectivity index (χ1n) is 14.0. The molecule has 1 heterocycles. The monoisotopic (exact) mass is 572 g/mol. The second kappa shape index (κ2) is 16.1. The zero-order valence-corrected chi connectivity index (χ0v) is 25.0. The fourth-order valence-electron chi connectivity index (χ4n) is 4.05. The van der Waals surface area contributed by atoms with Crippen molar-refractivity contribution in [1.82, 2.24) is 25.1 Å². The lowest BCUT2D eigenvalue weighted by Crippen LogP contribution is -2.51. The zero-order chi connectivity index (χ0) is 30.5. The van der Waals surface area contributed by atoms with Gasteiger partial charge in [0.15, 0.2) is 0 Å². The lowest BCUT2D eigenvalue weighted by Gasteiger charge is -2.34. The van der Waals surface area contributed by atoms with E-state index < -0.39 is 6.04 Å². The van der Waals surface area contributed by atoms with Crippen molar-refractivity contribution < 1.29 is 14.3 Å². The number of hydrogen-bond acceptors (Lipinski definition) is 9. The molecule has 42 heavy (non-hydrogen) atoms. The Morgan fingerprint density at radius 2 is 1.95 bits per heavy atom. The highest BCUT2D eigenvalue weighted by atomic mass is 16.5. The number of nitrogens with one attached hydrogen (secondary N) is 3. The van der Waals surface area contributed by atoms with E-state index in [0.717, 1.165) is 24.9 Å². The van der Waals surface area contributed by atoms with Gasteiger partial charge in [0.05, 0.1) is 23.4 Å². The van der Waals surface area contributed by atoms with Crippen molar-refractivity contribution >= 4 is 29.3 Å². The van der Waals surface area contributed by atoms with E-state index in [2.05, 4.69) is 43.8 Å². The molecule has 1 fully saturated rings. The summed E-state index contributed by atoms with van der Waals surface area (Å²) >= 11 is 0. The molecular weight excluding hydrogens is 532 g/mol. The number of nitrogens with zero attached hydrogens (tertiary/aromatic N) is 5. The molecule has 3 N–H and O–H groups in total. The second-order valence-corrected chi connectivity index (χ2v) is 10.5. The predicted molar refractivity (Wildman–Crippen MR) is 163 cm³/mol. The minimum absolute atomic E-state index is 0.0222. The van der Waals surface area contributed by atoms with E-state index >= 15 is 0 Å². The van der Waals surface area contributed by atoms with Crippen LogP contribution in [0.3, 0.4) is 0 Å². The molecule has 11 heteroatoms. The molecule has 1 saturated carbocycles. The Morgan fingerprint density at radius 1 is 1.21 bits per heavy atom. The molecule has 0 aliphatic heterocycles. The molecule has 1 aliphatic rings. The van der Waals surface area contributed by atoms with Crippen molar-refractivity contribution in [3.05, 3.63) is 53.7 Å². The SMILES string of the molecule is COCCCNc1nc(Nc2ccc(C#N)cc2)ncc1C#CC1CC(NC(=O)C(C)N(C)C(=O)C=CCN(C)C)C1. The summed E-state index contributed by atoms with van der Waals surface area (Å²) in [5, 5.41) is 18.5. The van der Waals surface area contributed by atoms with E-state index in [1.807, 2.05) is 19.0 Å². The Labute approximate surface area is 248 Å². The quantitative estimate of drug-likeness (QED) is 0.188. The molecule has 0 spiro atoms. The first-order chi connectivity index (χ1) is 20.2. The summed E-state index contributed by atoms with van der Waals surface area (Å²) in [5.74, 6) is 7.29. The van der Waals surface area contributed by atoms with Crippen LogP contribution in [0.4, 0.5) is 17.5 Å². The van der Waals surface area contributed by atoms with Crippen molar-refractivity contribution in [3.8, 4) is 17.9 Å². The van der Waals surface area contributed by atoms with E-state index in [1.54, 1.807) is 57.6 Å². The Hall–Kier alpha value is -4.45. The van der Waals surface area contributed by atoms with Crippen molar-refractivity contribution in [2.75, 3.05) is 58.6 Å². The maximum Gasteiger partial charge on any atom is 0.246 e. The molecule has 0 bridgehead atoms. The molecule has 1 atom stereocenters. The number of hydrogen-bond donors (Lipinski definition) is 3. The third-order valence-corrected chi connectivity index (χ3v) is 6.81. The van der Waals surface area contributed by atoms with E-state index in [1.165, 1.54) is 11.0 Å². The van der Waals surface area contributed by atoms with Crippen molar-refractivity contribution in [2.24, 2.45) is 5.92 Å².